The summed E-state index contributed by atoms with van der Waals surface area (Å²) in [6.07, 6.45) is 4.79. The molecule has 19 heavy (non-hydrogen) atoms. The Hall–Kier alpha value is -0.200. The summed E-state index contributed by atoms with van der Waals surface area (Å²) >= 11 is 0. The summed E-state index contributed by atoms with van der Waals surface area (Å²) in [4.78, 5) is 2.45. The molecule has 114 valence electrons. The van der Waals surface area contributed by atoms with Crippen molar-refractivity contribution in [2.24, 2.45) is 0 Å². The number of rotatable bonds is 13. The number of hydrogen-bond donors (Lipinski definition) is 1. The molecule has 1 aliphatic carbocycles. The normalized spacial score (nSPS) is 15.9. The van der Waals surface area contributed by atoms with E-state index in [4.69, 9.17) is 19.3 Å². The predicted octanol–water partition coefficient (Wildman–Crippen LogP) is 0.903. The van der Waals surface area contributed by atoms with Crippen LogP contribution in [0.3, 0.4) is 0 Å². The van der Waals surface area contributed by atoms with Gasteiger partial charge in [0, 0.05) is 32.8 Å². The first-order valence-electron chi connectivity index (χ1n) is 7.38. The summed E-state index contributed by atoms with van der Waals surface area (Å²) in [5, 5.41) is 8.92. The van der Waals surface area contributed by atoms with Crippen molar-refractivity contribution in [2.45, 2.75) is 31.7 Å². The second-order valence-electron chi connectivity index (χ2n) is 4.92. The Morgan fingerprint density at radius 2 is 1.68 bits per heavy atom. The molecular formula is C14H29NO4. The van der Waals surface area contributed by atoms with Gasteiger partial charge in [0.05, 0.1) is 33.0 Å². The lowest BCUT2D eigenvalue weighted by Crippen LogP contribution is -2.42. The van der Waals surface area contributed by atoms with Gasteiger partial charge in [-0.1, -0.05) is 6.42 Å². The molecular weight excluding hydrogens is 246 g/mol. The maximum absolute atomic E-state index is 8.92. The minimum absolute atomic E-state index is 0.275. The summed E-state index contributed by atoms with van der Waals surface area (Å²) < 4.78 is 15.8. The highest BCUT2D eigenvalue weighted by atomic mass is 16.5. The van der Waals surface area contributed by atoms with E-state index in [1.807, 2.05) is 0 Å². The molecule has 5 heteroatoms. The Balaban J connectivity index is 1.95. The SMILES string of the molecule is COCCOCCOCCN(CCCO)C1CCC1. The lowest BCUT2D eigenvalue weighted by Gasteiger charge is -2.37. The van der Waals surface area contributed by atoms with Gasteiger partial charge in [-0.2, -0.15) is 0 Å². The zero-order valence-corrected chi connectivity index (χ0v) is 12.2. The van der Waals surface area contributed by atoms with Crippen LogP contribution in [0.15, 0.2) is 0 Å². The van der Waals surface area contributed by atoms with Crippen molar-refractivity contribution in [1.82, 2.24) is 4.90 Å². The molecule has 0 spiro atoms. The molecule has 0 atom stereocenters. The standard InChI is InChI=1S/C14H29NO4/c1-17-10-11-19-13-12-18-9-7-15(6-3-8-16)14-4-2-5-14/h14,16H,2-13H2,1H3. The van der Waals surface area contributed by atoms with E-state index in [0.29, 0.717) is 32.5 Å². The molecule has 0 aromatic heterocycles. The minimum atomic E-state index is 0.275. The molecule has 0 saturated heterocycles. The molecule has 1 fully saturated rings. The van der Waals surface area contributed by atoms with Gasteiger partial charge in [-0.15, -0.1) is 0 Å². The summed E-state index contributed by atoms with van der Waals surface area (Å²) in [6, 6.07) is 0.716. The van der Waals surface area contributed by atoms with Gasteiger partial charge in [-0.3, -0.25) is 4.90 Å². The molecule has 0 aromatic carbocycles. The van der Waals surface area contributed by atoms with Crippen molar-refractivity contribution in [3.63, 3.8) is 0 Å². The van der Waals surface area contributed by atoms with Gasteiger partial charge < -0.3 is 19.3 Å². The van der Waals surface area contributed by atoms with Crippen LogP contribution in [-0.4, -0.2) is 75.9 Å². The van der Waals surface area contributed by atoms with E-state index in [9.17, 15) is 0 Å². The Labute approximate surface area is 116 Å². The van der Waals surface area contributed by atoms with Gasteiger partial charge in [-0.25, -0.2) is 0 Å². The van der Waals surface area contributed by atoms with Crippen molar-refractivity contribution >= 4 is 0 Å². The molecule has 1 saturated carbocycles. The highest BCUT2D eigenvalue weighted by Gasteiger charge is 2.23. The molecule has 0 heterocycles. The molecule has 1 rings (SSSR count). The van der Waals surface area contributed by atoms with Gasteiger partial charge >= 0.3 is 0 Å². The van der Waals surface area contributed by atoms with Gasteiger partial charge in [0.15, 0.2) is 0 Å². The fourth-order valence-corrected chi connectivity index (χ4v) is 2.15. The van der Waals surface area contributed by atoms with E-state index in [2.05, 4.69) is 4.90 Å². The summed E-state index contributed by atoms with van der Waals surface area (Å²) in [5.41, 5.74) is 0. The third kappa shape index (κ3) is 7.84. The van der Waals surface area contributed by atoms with Crippen molar-refractivity contribution < 1.29 is 19.3 Å². The van der Waals surface area contributed by atoms with Gasteiger partial charge in [0.2, 0.25) is 0 Å². The second kappa shape index (κ2) is 11.6. The second-order valence-corrected chi connectivity index (χ2v) is 4.92. The molecule has 0 bridgehead atoms. The zero-order valence-electron chi connectivity index (χ0n) is 12.2. The van der Waals surface area contributed by atoms with E-state index >= 15 is 0 Å². The third-order valence-corrected chi connectivity index (χ3v) is 3.52. The fraction of sp³-hybridized carbons (Fsp3) is 1.00. The Morgan fingerprint density at radius 1 is 1.00 bits per heavy atom. The molecule has 0 unspecified atom stereocenters. The van der Waals surface area contributed by atoms with Crippen molar-refractivity contribution in [3.05, 3.63) is 0 Å². The van der Waals surface area contributed by atoms with Crippen LogP contribution in [0.4, 0.5) is 0 Å². The fourth-order valence-electron chi connectivity index (χ4n) is 2.15. The number of hydrogen-bond acceptors (Lipinski definition) is 5. The molecule has 0 aromatic rings. The van der Waals surface area contributed by atoms with Crippen molar-refractivity contribution in [1.29, 1.82) is 0 Å². The smallest absolute Gasteiger partial charge is 0.0701 e. The lowest BCUT2D eigenvalue weighted by atomic mass is 9.91. The lowest BCUT2D eigenvalue weighted by molar-refractivity contribution is 0.0115. The molecule has 5 nitrogen and oxygen atoms in total. The highest BCUT2D eigenvalue weighted by molar-refractivity contribution is 4.79. The van der Waals surface area contributed by atoms with Crippen LogP contribution in [0.2, 0.25) is 0 Å². The van der Waals surface area contributed by atoms with Crippen LogP contribution in [0, 0.1) is 0 Å². The van der Waals surface area contributed by atoms with Crippen LogP contribution in [0.5, 0.6) is 0 Å². The Bertz CT molecular complexity index is 200. The molecule has 1 aliphatic rings. The van der Waals surface area contributed by atoms with Gasteiger partial charge in [0.1, 0.15) is 0 Å². The maximum Gasteiger partial charge on any atom is 0.0701 e. The first-order valence-corrected chi connectivity index (χ1v) is 7.38. The monoisotopic (exact) mass is 275 g/mol. The van der Waals surface area contributed by atoms with Crippen LogP contribution < -0.4 is 0 Å². The maximum atomic E-state index is 8.92. The van der Waals surface area contributed by atoms with Crippen molar-refractivity contribution in [3.8, 4) is 0 Å². The van der Waals surface area contributed by atoms with Crippen LogP contribution in [0.25, 0.3) is 0 Å². The topological polar surface area (TPSA) is 51.2 Å². The zero-order chi connectivity index (χ0) is 13.8. The third-order valence-electron chi connectivity index (χ3n) is 3.52. The molecule has 0 amide bonds. The number of methoxy groups -OCH3 is 1. The first-order chi connectivity index (χ1) is 9.38. The van der Waals surface area contributed by atoms with E-state index in [1.54, 1.807) is 7.11 Å². The minimum Gasteiger partial charge on any atom is -0.396 e. The molecule has 0 aliphatic heterocycles. The Morgan fingerprint density at radius 3 is 2.26 bits per heavy atom. The number of ether oxygens (including phenoxy) is 3. The van der Waals surface area contributed by atoms with Crippen LogP contribution >= 0.6 is 0 Å². The average Bonchev–Trinajstić information content (AvgIpc) is 2.36. The Kier molecular flexibility index (Phi) is 10.3. The first kappa shape index (κ1) is 16.9. The average molecular weight is 275 g/mol. The number of nitrogens with zero attached hydrogens (tertiary/aromatic N) is 1. The summed E-state index contributed by atoms with van der Waals surface area (Å²) in [5.74, 6) is 0. The largest absolute Gasteiger partial charge is 0.396 e. The highest BCUT2D eigenvalue weighted by Crippen LogP contribution is 2.24. The van der Waals surface area contributed by atoms with E-state index in [0.717, 1.165) is 26.1 Å². The van der Waals surface area contributed by atoms with Gasteiger partial charge in [0.25, 0.3) is 0 Å². The molecule has 1 N–H and O–H groups in total. The van der Waals surface area contributed by atoms with E-state index in [1.165, 1.54) is 19.3 Å². The summed E-state index contributed by atoms with van der Waals surface area (Å²) in [6.45, 7) is 5.50. The van der Waals surface area contributed by atoms with E-state index in [-0.39, 0.29) is 6.61 Å². The quantitative estimate of drug-likeness (QED) is 0.506. The van der Waals surface area contributed by atoms with E-state index < -0.39 is 0 Å². The summed E-state index contributed by atoms with van der Waals surface area (Å²) in [7, 11) is 1.67. The van der Waals surface area contributed by atoms with Crippen molar-refractivity contribution in [2.75, 3.05) is 59.8 Å². The number of aliphatic hydroxyl groups excluding tert-OH is 1. The van der Waals surface area contributed by atoms with Crippen LogP contribution in [0.1, 0.15) is 25.7 Å². The predicted molar refractivity (Wildman–Crippen MR) is 74.4 cm³/mol. The molecule has 0 radical (unpaired) electrons. The number of aliphatic hydroxyl groups is 1. The van der Waals surface area contributed by atoms with Crippen LogP contribution in [-0.2, 0) is 14.2 Å². The van der Waals surface area contributed by atoms with Gasteiger partial charge in [-0.05, 0) is 19.3 Å².